The number of thiazole rings is 1. The highest BCUT2D eigenvalue weighted by atomic mass is 32.1. The van der Waals surface area contributed by atoms with Crippen LogP contribution in [0.3, 0.4) is 0 Å². The van der Waals surface area contributed by atoms with Crippen molar-refractivity contribution in [3.63, 3.8) is 0 Å². The molecule has 1 amide bonds. The SMILES string of the molecule is Nc1nc(N2CCN(C(=O)O)C(Cc3ccccc3)C2)c2nc(-c3ccc(F)cc3)sc2n1. The summed E-state index contributed by atoms with van der Waals surface area (Å²) in [5, 5.41) is 10.4. The lowest BCUT2D eigenvalue weighted by Crippen LogP contribution is -2.56. The van der Waals surface area contributed by atoms with Crippen molar-refractivity contribution in [2.75, 3.05) is 30.3 Å². The second-order valence-corrected chi connectivity index (χ2v) is 8.83. The molecule has 0 aliphatic carbocycles. The van der Waals surface area contributed by atoms with Gasteiger partial charge in [-0.3, -0.25) is 0 Å². The first-order valence-corrected chi connectivity index (χ1v) is 11.3. The molecule has 0 spiro atoms. The van der Waals surface area contributed by atoms with E-state index in [1.54, 1.807) is 12.1 Å². The van der Waals surface area contributed by atoms with Crippen molar-refractivity contribution in [1.29, 1.82) is 0 Å². The first-order chi connectivity index (χ1) is 16.0. The first kappa shape index (κ1) is 21.1. The molecule has 3 N–H and O–H groups in total. The van der Waals surface area contributed by atoms with Crippen LogP contribution in [0.2, 0.25) is 0 Å². The molecule has 33 heavy (non-hydrogen) atoms. The number of fused-ring (bicyclic) bond motifs is 1. The molecule has 3 heterocycles. The van der Waals surface area contributed by atoms with Gasteiger partial charge in [0, 0.05) is 25.2 Å². The third-order valence-corrected chi connectivity index (χ3v) is 6.69. The lowest BCUT2D eigenvalue weighted by atomic mass is 10.0. The molecule has 168 valence electrons. The van der Waals surface area contributed by atoms with E-state index in [4.69, 9.17) is 10.7 Å². The largest absolute Gasteiger partial charge is 0.465 e. The predicted octanol–water partition coefficient (Wildman–Crippen LogP) is 3.89. The van der Waals surface area contributed by atoms with Gasteiger partial charge in [0.05, 0.1) is 6.04 Å². The van der Waals surface area contributed by atoms with Crippen molar-refractivity contribution >= 4 is 39.5 Å². The zero-order valence-corrected chi connectivity index (χ0v) is 18.4. The zero-order valence-electron chi connectivity index (χ0n) is 17.6. The Hall–Kier alpha value is -3.79. The lowest BCUT2D eigenvalue weighted by molar-refractivity contribution is 0.118. The number of piperazine rings is 1. The van der Waals surface area contributed by atoms with E-state index in [2.05, 4.69) is 9.97 Å². The molecule has 2 aromatic heterocycles. The fraction of sp³-hybridized carbons (Fsp3) is 0.217. The molecular formula is C23H21FN6O2S. The normalized spacial score (nSPS) is 16.3. The number of halogens is 1. The van der Waals surface area contributed by atoms with E-state index < -0.39 is 6.09 Å². The van der Waals surface area contributed by atoms with Crippen LogP contribution >= 0.6 is 11.3 Å². The van der Waals surface area contributed by atoms with Crippen LogP contribution in [0, 0.1) is 5.82 Å². The number of hydrogen-bond donors (Lipinski definition) is 2. The summed E-state index contributed by atoms with van der Waals surface area (Å²) in [6.45, 7) is 1.26. The van der Waals surface area contributed by atoms with E-state index >= 15 is 0 Å². The van der Waals surface area contributed by atoms with Crippen LogP contribution < -0.4 is 10.6 Å². The topological polar surface area (TPSA) is 108 Å². The minimum Gasteiger partial charge on any atom is -0.465 e. The second kappa shape index (κ2) is 8.62. The van der Waals surface area contributed by atoms with Gasteiger partial charge in [-0.2, -0.15) is 4.98 Å². The second-order valence-electron chi connectivity index (χ2n) is 7.85. The summed E-state index contributed by atoms with van der Waals surface area (Å²) in [5.74, 6) is 0.405. The number of anilines is 2. The van der Waals surface area contributed by atoms with Crippen LogP contribution in [0.1, 0.15) is 5.56 Å². The van der Waals surface area contributed by atoms with Crippen molar-refractivity contribution in [3.05, 3.63) is 66.0 Å². The number of nitrogens with zero attached hydrogens (tertiary/aromatic N) is 5. The Morgan fingerprint density at radius 3 is 2.58 bits per heavy atom. The summed E-state index contributed by atoms with van der Waals surface area (Å²) in [5.41, 5.74) is 8.46. The Balaban J connectivity index is 1.49. The number of amides is 1. The Morgan fingerprint density at radius 1 is 1.09 bits per heavy atom. The number of carboxylic acid groups (broad SMARTS) is 1. The van der Waals surface area contributed by atoms with E-state index in [1.165, 1.54) is 28.4 Å². The third-order valence-electron chi connectivity index (χ3n) is 5.69. The number of carbonyl (C=O) groups is 1. The minimum absolute atomic E-state index is 0.132. The molecule has 1 aliphatic rings. The van der Waals surface area contributed by atoms with Gasteiger partial charge in [0.1, 0.15) is 16.3 Å². The molecule has 2 aromatic carbocycles. The van der Waals surface area contributed by atoms with Gasteiger partial charge in [-0.25, -0.2) is 19.2 Å². The Kier molecular flexibility index (Phi) is 5.51. The average Bonchev–Trinajstić information content (AvgIpc) is 3.23. The Bertz CT molecular complexity index is 1300. The summed E-state index contributed by atoms with van der Waals surface area (Å²) in [4.78, 5) is 29.6. The quantitative estimate of drug-likeness (QED) is 0.472. The average molecular weight is 465 g/mol. The molecular weight excluding hydrogens is 443 g/mol. The minimum atomic E-state index is -0.935. The monoisotopic (exact) mass is 464 g/mol. The van der Waals surface area contributed by atoms with Gasteiger partial charge in [0.2, 0.25) is 5.95 Å². The van der Waals surface area contributed by atoms with E-state index in [1.807, 2.05) is 35.2 Å². The van der Waals surface area contributed by atoms with E-state index in [9.17, 15) is 14.3 Å². The molecule has 1 saturated heterocycles. The van der Waals surface area contributed by atoms with Gasteiger partial charge in [0.15, 0.2) is 10.6 Å². The smallest absolute Gasteiger partial charge is 0.407 e. The Labute approximate surface area is 193 Å². The number of nitrogens with two attached hydrogens (primary N) is 1. The molecule has 1 atom stereocenters. The van der Waals surface area contributed by atoms with Crippen LogP contribution in [0.4, 0.5) is 21.0 Å². The van der Waals surface area contributed by atoms with Gasteiger partial charge in [-0.1, -0.05) is 41.7 Å². The summed E-state index contributed by atoms with van der Waals surface area (Å²) in [6.07, 6.45) is -0.346. The summed E-state index contributed by atoms with van der Waals surface area (Å²) >= 11 is 1.36. The fourth-order valence-corrected chi connectivity index (χ4v) is 5.07. The summed E-state index contributed by atoms with van der Waals surface area (Å²) in [7, 11) is 0. The maximum Gasteiger partial charge on any atom is 0.407 e. The molecule has 0 radical (unpaired) electrons. The van der Waals surface area contributed by atoms with Crippen LogP contribution in [0.5, 0.6) is 0 Å². The lowest BCUT2D eigenvalue weighted by Gasteiger charge is -2.40. The first-order valence-electron chi connectivity index (χ1n) is 10.5. The van der Waals surface area contributed by atoms with Crippen molar-refractivity contribution in [2.45, 2.75) is 12.5 Å². The van der Waals surface area contributed by atoms with Crippen molar-refractivity contribution < 1.29 is 14.3 Å². The van der Waals surface area contributed by atoms with Crippen LogP contribution in [0.25, 0.3) is 20.9 Å². The number of rotatable bonds is 4. The van der Waals surface area contributed by atoms with Crippen molar-refractivity contribution in [3.8, 4) is 10.6 Å². The highest BCUT2D eigenvalue weighted by molar-refractivity contribution is 7.21. The van der Waals surface area contributed by atoms with Gasteiger partial charge >= 0.3 is 6.09 Å². The molecule has 10 heteroatoms. The maximum atomic E-state index is 13.3. The number of nitrogen functional groups attached to an aromatic ring is 1. The van der Waals surface area contributed by atoms with Crippen LogP contribution in [0.15, 0.2) is 54.6 Å². The highest BCUT2D eigenvalue weighted by Crippen LogP contribution is 2.34. The van der Waals surface area contributed by atoms with E-state index in [-0.39, 0.29) is 17.8 Å². The van der Waals surface area contributed by atoms with Gasteiger partial charge in [-0.15, -0.1) is 0 Å². The zero-order chi connectivity index (χ0) is 22.9. The molecule has 1 fully saturated rings. The number of benzene rings is 2. The van der Waals surface area contributed by atoms with Gasteiger partial charge < -0.3 is 20.6 Å². The van der Waals surface area contributed by atoms with Crippen LogP contribution in [-0.2, 0) is 6.42 Å². The van der Waals surface area contributed by atoms with Crippen molar-refractivity contribution in [1.82, 2.24) is 19.9 Å². The van der Waals surface area contributed by atoms with E-state index in [0.717, 1.165) is 11.1 Å². The summed E-state index contributed by atoms with van der Waals surface area (Å²) in [6, 6.07) is 15.7. The standard InChI is InChI=1S/C23H21FN6O2S/c24-16-8-6-15(7-9-16)20-26-18-19(27-22(25)28-21(18)33-20)29-10-11-30(23(31)32)17(13-29)12-14-4-2-1-3-5-14/h1-9,17H,10-13H2,(H,31,32)(H2,25,27,28). The molecule has 4 aromatic rings. The molecule has 0 bridgehead atoms. The van der Waals surface area contributed by atoms with Crippen molar-refractivity contribution in [2.24, 2.45) is 0 Å². The molecule has 5 rings (SSSR count). The molecule has 0 saturated carbocycles. The Morgan fingerprint density at radius 2 is 1.85 bits per heavy atom. The van der Waals surface area contributed by atoms with E-state index in [0.29, 0.717) is 47.2 Å². The van der Waals surface area contributed by atoms with Crippen LogP contribution in [-0.4, -0.2) is 56.7 Å². The van der Waals surface area contributed by atoms with Gasteiger partial charge in [-0.05, 0) is 36.2 Å². The molecule has 8 nitrogen and oxygen atoms in total. The third kappa shape index (κ3) is 4.29. The summed E-state index contributed by atoms with van der Waals surface area (Å²) < 4.78 is 13.3. The highest BCUT2D eigenvalue weighted by Gasteiger charge is 2.32. The fourth-order valence-electron chi connectivity index (χ4n) is 4.12. The molecule has 1 aliphatic heterocycles. The van der Waals surface area contributed by atoms with Gasteiger partial charge in [0.25, 0.3) is 0 Å². The predicted molar refractivity (Wildman–Crippen MR) is 126 cm³/mol. The molecule has 1 unspecified atom stereocenters. The number of hydrogen-bond acceptors (Lipinski definition) is 7. The maximum absolute atomic E-state index is 13.3. The number of aromatic nitrogens is 3.